The van der Waals surface area contributed by atoms with Crippen LogP contribution in [-0.4, -0.2) is 47.9 Å². The summed E-state index contributed by atoms with van der Waals surface area (Å²) in [7, 11) is 0. The van der Waals surface area contributed by atoms with Crippen molar-refractivity contribution in [1.29, 1.82) is 0 Å². The molecule has 0 bridgehead atoms. The number of nitrogens with two attached hydrogens (primary N) is 1. The number of rotatable bonds is 15. The van der Waals surface area contributed by atoms with Crippen LogP contribution in [0, 0.1) is 23.2 Å². The molecule has 10 heteroatoms. The Labute approximate surface area is 244 Å². The van der Waals surface area contributed by atoms with Crippen LogP contribution in [-0.2, 0) is 23.9 Å². The Morgan fingerprint density at radius 2 is 1.39 bits per heavy atom. The van der Waals surface area contributed by atoms with Crippen molar-refractivity contribution in [2.24, 2.45) is 28.9 Å². The van der Waals surface area contributed by atoms with E-state index in [4.69, 9.17) is 24.7 Å². The highest BCUT2D eigenvalue weighted by Crippen LogP contribution is 2.38. The van der Waals surface area contributed by atoms with Gasteiger partial charge in [-0.15, -0.1) is 0 Å². The average molecular weight is 580 g/mol. The van der Waals surface area contributed by atoms with Crippen LogP contribution in [0.1, 0.15) is 99.5 Å². The van der Waals surface area contributed by atoms with Gasteiger partial charge in [0.2, 0.25) is 0 Å². The molecule has 0 fully saturated rings. The molecule has 0 saturated carbocycles. The summed E-state index contributed by atoms with van der Waals surface area (Å²) < 4.78 is 22.0. The predicted octanol–water partition coefficient (Wildman–Crippen LogP) is 6.09. The first kappa shape index (κ1) is 35.9. The summed E-state index contributed by atoms with van der Waals surface area (Å²) in [6, 6.07) is 3.13. The molecular weight excluding hydrogens is 530 g/mol. The minimum absolute atomic E-state index is 0.0135. The zero-order valence-electron chi connectivity index (χ0n) is 26.0. The van der Waals surface area contributed by atoms with Crippen LogP contribution in [0.15, 0.2) is 18.2 Å². The minimum Gasteiger partial charge on any atom is -0.480 e. The maximum Gasteiger partial charge on any atom is 0.508 e. The molecule has 3 N–H and O–H groups in total. The third-order valence-electron chi connectivity index (χ3n) is 6.91. The first-order valence-corrected chi connectivity index (χ1v) is 14.4. The smallest absolute Gasteiger partial charge is 0.480 e. The van der Waals surface area contributed by atoms with Gasteiger partial charge in [0, 0.05) is 11.8 Å². The third-order valence-corrected chi connectivity index (χ3v) is 6.91. The van der Waals surface area contributed by atoms with E-state index in [9.17, 15) is 24.3 Å². The highest BCUT2D eigenvalue weighted by molar-refractivity contribution is 5.79. The van der Waals surface area contributed by atoms with Gasteiger partial charge in [0.05, 0.1) is 18.4 Å². The van der Waals surface area contributed by atoms with Crippen LogP contribution < -0.4 is 15.2 Å². The van der Waals surface area contributed by atoms with Crippen LogP contribution in [0.25, 0.3) is 0 Å². The number of benzene rings is 1. The molecule has 1 rings (SSSR count). The molecule has 1 aromatic carbocycles. The van der Waals surface area contributed by atoms with Crippen molar-refractivity contribution in [3.63, 3.8) is 0 Å². The number of esters is 2. The highest BCUT2D eigenvalue weighted by Gasteiger charge is 2.36. The van der Waals surface area contributed by atoms with Crippen LogP contribution in [0.5, 0.6) is 11.5 Å². The Morgan fingerprint density at radius 3 is 1.85 bits per heavy atom. The van der Waals surface area contributed by atoms with Gasteiger partial charge in [0.25, 0.3) is 0 Å². The maximum atomic E-state index is 12.8. The molecule has 0 radical (unpaired) electrons. The Balaban J connectivity index is 3.44. The van der Waals surface area contributed by atoms with E-state index < -0.39 is 54.0 Å². The number of hydrogen-bond donors (Lipinski definition) is 2. The Morgan fingerprint density at radius 1 is 0.878 bits per heavy atom. The molecule has 0 aliphatic heterocycles. The monoisotopic (exact) mass is 579 g/mol. The number of carboxylic acid groups (broad SMARTS) is 1. The average Bonchev–Trinajstić information content (AvgIpc) is 2.88. The molecule has 0 heterocycles. The fourth-order valence-corrected chi connectivity index (χ4v) is 4.27. The largest absolute Gasteiger partial charge is 0.508 e. The van der Waals surface area contributed by atoms with Gasteiger partial charge in [-0.05, 0) is 42.9 Å². The molecule has 5 unspecified atom stereocenters. The van der Waals surface area contributed by atoms with E-state index in [1.165, 1.54) is 12.1 Å². The number of hydrogen-bond acceptors (Lipinski definition) is 9. The van der Waals surface area contributed by atoms with Crippen LogP contribution in [0.3, 0.4) is 0 Å². The van der Waals surface area contributed by atoms with Gasteiger partial charge < -0.3 is 29.8 Å². The van der Waals surface area contributed by atoms with Crippen molar-refractivity contribution >= 4 is 24.1 Å². The topological polar surface area (TPSA) is 151 Å². The maximum absolute atomic E-state index is 12.8. The molecular formula is C31H49NO9. The first-order valence-electron chi connectivity index (χ1n) is 14.4. The van der Waals surface area contributed by atoms with Gasteiger partial charge in [0.15, 0.2) is 11.5 Å². The molecule has 6 atom stereocenters. The lowest BCUT2D eigenvalue weighted by atomic mass is 9.79. The molecule has 0 amide bonds. The molecule has 0 spiro atoms. The number of carbonyl (C=O) groups excluding carboxylic acids is 3. The lowest BCUT2D eigenvalue weighted by molar-refractivity contribution is -0.141. The van der Waals surface area contributed by atoms with Gasteiger partial charge in [0.1, 0.15) is 12.1 Å². The quantitative estimate of drug-likeness (QED) is 0.184. The number of carboxylic acids is 1. The van der Waals surface area contributed by atoms with E-state index >= 15 is 0 Å². The van der Waals surface area contributed by atoms with Crippen LogP contribution in [0.4, 0.5) is 4.79 Å². The van der Waals surface area contributed by atoms with Gasteiger partial charge in [-0.25, -0.2) is 4.79 Å². The van der Waals surface area contributed by atoms with Crippen molar-refractivity contribution in [2.45, 2.75) is 106 Å². The number of carbonyl (C=O) groups is 4. The first-order chi connectivity index (χ1) is 19.0. The SMILES string of the molecule is CCCC(C)C(=O)Oc1ccc(C(C(C)C(C)OC(=O)OCC(C)(C)C)[C@H](N)C(=O)O)cc1OC(=O)C(C)CCC. The summed E-state index contributed by atoms with van der Waals surface area (Å²) >= 11 is 0. The molecule has 232 valence electrons. The van der Waals surface area contributed by atoms with Gasteiger partial charge in [-0.3, -0.25) is 14.4 Å². The summed E-state index contributed by atoms with van der Waals surface area (Å²) in [5.74, 6) is -4.44. The normalized spacial score (nSPS) is 16.0. The van der Waals surface area contributed by atoms with Crippen molar-refractivity contribution in [3.8, 4) is 11.5 Å². The predicted molar refractivity (Wildman–Crippen MR) is 155 cm³/mol. The van der Waals surface area contributed by atoms with Crippen molar-refractivity contribution in [1.82, 2.24) is 0 Å². The molecule has 1 aromatic rings. The van der Waals surface area contributed by atoms with E-state index in [0.29, 0.717) is 18.4 Å². The summed E-state index contributed by atoms with van der Waals surface area (Å²) in [6.07, 6.45) is 1.15. The molecule has 0 aromatic heterocycles. The lowest BCUT2D eigenvalue weighted by Gasteiger charge is -2.32. The van der Waals surface area contributed by atoms with Crippen molar-refractivity contribution in [2.75, 3.05) is 6.61 Å². The van der Waals surface area contributed by atoms with E-state index in [0.717, 1.165) is 12.8 Å². The standard InChI is InChI=1S/C31H49NO9/c1-10-12-18(3)28(35)40-23-15-14-22(16-24(23)41-29(36)19(4)13-11-2)25(26(32)27(33)34)20(5)21(6)39-30(37)38-17-31(7,8)9/h14-16,18-21,25-26H,10-13,17,32H2,1-9H3,(H,33,34)/t18?,19?,20?,21?,25?,26-/m0/s1. The van der Waals surface area contributed by atoms with Gasteiger partial charge >= 0.3 is 24.1 Å². The van der Waals surface area contributed by atoms with Gasteiger partial charge in [-0.1, -0.05) is 74.3 Å². The fraction of sp³-hybridized carbons (Fsp3) is 0.677. The fourth-order valence-electron chi connectivity index (χ4n) is 4.27. The second-order valence-electron chi connectivity index (χ2n) is 12.1. The van der Waals surface area contributed by atoms with E-state index in [-0.39, 0.29) is 29.4 Å². The molecule has 0 saturated heterocycles. The summed E-state index contributed by atoms with van der Waals surface area (Å²) in [4.78, 5) is 49.9. The highest BCUT2D eigenvalue weighted by atomic mass is 16.7. The van der Waals surface area contributed by atoms with E-state index in [1.807, 2.05) is 34.6 Å². The van der Waals surface area contributed by atoms with Crippen LogP contribution >= 0.6 is 0 Å². The summed E-state index contributed by atoms with van der Waals surface area (Å²) in [5.41, 5.74) is 6.30. The lowest BCUT2D eigenvalue weighted by Crippen LogP contribution is -2.42. The minimum atomic E-state index is -1.39. The Hall–Kier alpha value is -3.14. The molecule has 41 heavy (non-hydrogen) atoms. The summed E-state index contributed by atoms with van der Waals surface area (Å²) in [5, 5.41) is 9.82. The zero-order valence-corrected chi connectivity index (χ0v) is 26.0. The van der Waals surface area contributed by atoms with Crippen LogP contribution in [0.2, 0.25) is 0 Å². The zero-order chi connectivity index (χ0) is 31.5. The number of aliphatic carboxylic acids is 1. The molecule has 0 aliphatic rings. The second kappa shape index (κ2) is 16.3. The summed E-state index contributed by atoms with van der Waals surface area (Å²) in [6.45, 7) is 16.6. The number of ether oxygens (including phenoxy) is 4. The third kappa shape index (κ3) is 11.7. The second-order valence-corrected chi connectivity index (χ2v) is 12.1. The molecule has 0 aliphatic carbocycles. The molecule has 10 nitrogen and oxygen atoms in total. The Bertz CT molecular complexity index is 1030. The van der Waals surface area contributed by atoms with Crippen molar-refractivity contribution in [3.05, 3.63) is 23.8 Å². The van der Waals surface area contributed by atoms with Crippen molar-refractivity contribution < 1.29 is 43.2 Å². The Kier molecular flexibility index (Phi) is 14.3. The van der Waals surface area contributed by atoms with E-state index in [1.54, 1.807) is 33.8 Å². The van der Waals surface area contributed by atoms with E-state index in [2.05, 4.69) is 0 Å². The van der Waals surface area contributed by atoms with Gasteiger partial charge in [-0.2, -0.15) is 0 Å².